The van der Waals surface area contributed by atoms with Gasteiger partial charge in [0.25, 0.3) is 0 Å². The minimum atomic E-state index is -3.71. The molecule has 0 radical (unpaired) electrons. The summed E-state index contributed by atoms with van der Waals surface area (Å²) in [5.74, 6) is 0.628. The molecule has 0 aromatic heterocycles. The number of hydrogen-bond donors (Lipinski definition) is 1. The lowest BCUT2D eigenvalue weighted by Gasteiger charge is -2.08. The van der Waals surface area contributed by atoms with Gasteiger partial charge in [0.05, 0.1) is 12.0 Å². The first-order chi connectivity index (χ1) is 7.54. The lowest BCUT2D eigenvalue weighted by molar-refractivity contribution is 0.419. The van der Waals surface area contributed by atoms with Crippen LogP contribution < -0.4 is 9.88 Å². The van der Waals surface area contributed by atoms with E-state index in [2.05, 4.69) is 0 Å². The maximum atomic E-state index is 11.4. The lowest BCUT2D eigenvalue weighted by atomic mass is 10.1. The van der Waals surface area contributed by atoms with Crippen molar-refractivity contribution in [3.8, 4) is 5.75 Å². The zero-order chi connectivity index (χ0) is 11.8. The van der Waals surface area contributed by atoms with E-state index in [0.29, 0.717) is 11.1 Å². The van der Waals surface area contributed by atoms with Crippen molar-refractivity contribution in [3.05, 3.63) is 36.4 Å². The molecule has 84 valence electrons. The van der Waals surface area contributed by atoms with E-state index < -0.39 is 10.0 Å². The highest BCUT2D eigenvalue weighted by Crippen LogP contribution is 2.29. The minimum absolute atomic E-state index is 0.115. The summed E-state index contributed by atoms with van der Waals surface area (Å²) in [6.45, 7) is 0. The summed E-state index contributed by atoms with van der Waals surface area (Å²) in [6, 6.07) is 10.1. The summed E-state index contributed by atoms with van der Waals surface area (Å²) in [6.07, 6.45) is 0. The van der Waals surface area contributed by atoms with Crippen LogP contribution in [0.15, 0.2) is 41.3 Å². The number of methoxy groups -OCH3 is 1. The van der Waals surface area contributed by atoms with Gasteiger partial charge in [-0.15, -0.1) is 0 Å². The average molecular weight is 237 g/mol. The molecule has 0 unspecified atom stereocenters. The molecule has 0 aliphatic heterocycles. The summed E-state index contributed by atoms with van der Waals surface area (Å²) < 4.78 is 27.9. The quantitative estimate of drug-likeness (QED) is 0.860. The maximum absolute atomic E-state index is 11.4. The van der Waals surface area contributed by atoms with Crippen LogP contribution in [0.3, 0.4) is 0 Å². The van der Waals surface area contributed by atoms with E-state index in [1.54, 1.807) is 31.4 Å². The second-order valence-electron chi connectivity index (χ2n) is 3.36. The van der Waals surface area contributed by atoms with Gasteiger partial charge in [-0.1, -0.05) is 24.3 Å². The molecule has 2 aromatic carbocycles. The highest BCUT2D eigenvalue weighted by molar-refractivity contribution is 7.89. The van der Waals surface area contributed by atoms with Crippen LogP contribution in [0, 0.1) is 0 Å². The Morgan fingerprint density at radius 3 is 2.25 bits per heavy atom. The maximum Gasteiger partial charge on any atom is 0.238 e. The van der Waals surface area contributed by atoms with Crippen LogP contribution in [-0.4, -0.2) is 15.5 Å². The molecule has 0 heterocycles. The summed E-state index contributed by atoms with van der Waals surface area (Å²) in [4.78, 5) is 0.115. The minimum Gasteiger partial charge on any atom is -0.496 e. The van der Waals surface area contributed by atoms with Crippen molar-refractivity contribution < 1.29 is 13.2 Å². The van der Waals surface area contributed by atoms with Gasteiger partial charge in [0.1, 0.15) is 5.75 Å². The van der Waals surface area contributed by atoms with Gasteiger partial charge in [0.15, 0.2) is 0 Å². The Morgan fingerprint density at radius 2 is 1.69 bits per heavy atom. The molecule has 16 heavy (non-hydrogen) atoms. The van der Waals surface area contributed by atoms with Crippen LogP contribution >= 0.6 is 0 Å². The van der Waals surface area contributed by atoms with Gasteiger partial charge >= 0.3 is 0 Å². The second-order valence-corrected chi connectivity index (χ2v) is 4.89. The van der Waals surface area contributed by atoms with Crippen molar-refractivity contribution in [2.24, 2.45) is 5.14 Å². The summed E-state index contributed by atoms with van der Waals surface area (Å²) in [5.41, 5.74) is 0. The first kappa shape index (κ1) is 10.9. The number of fused-ring (bicyclic) bond motifs is 1. The van der Waals surface area contributed by atoms with Crippen LogP contribution in [0.25, 0.3) is 10.8 Å². The highest BCUT2D eigenvalue weighted by atomic mass is 32.2. The van der Waals surface area contributed by atoms with Crippen LogP contribution in [0.1, 0.15) is 0 Å². The fourth-order valence-electron chi connectivity index (χ4n) is 1.67. The largest absolute Gasteiger partial charge is 0.496 e. The molecule has 0 bridgehead atoms. The fourth-order valence-corrected chi connectivity index (χ4v) is 2.41. The Morgan fingerprint density at radius 1 is 1.06 bits per heavy atom. The van der Waals surface area contributed by atoms with Gasteiger partial charge in [-0.2, -0.15) is 0 Å². The SMILES string of the molecule is COc1ccc(S(N)(=O)=O)c2ccccc12. The van der Waals surface area contributed by atoms with Crippen molar-refractivity contribution in [2.45, 2.75) is 4.90 Å². The number of rotatable bonds is 2. The molecule has 0 atom stereocenters. The molecule has 0 fully saturated rings. The smallest absolute Gasteiger partial charge is 0.238 e. The molecule has 2 aromatic rings. The van der Waals surface area contributed by atoms with Gasteiger partial charge in [-0.05, 0) is 12.1 Å². The Hall–Kier alpha value is -1.59. The van der Waals surface area contributed by atoms with Gasteiger partial charge in [0, 0.05) is 10.8 Å². The number of sulfonamides is 1. The van der Waals surface area contributed by atoms with Crippen LogP contribution in [-0.2, 0) is 10.0 Å². The fraction of sp³-hybridized carbons (Fsp3) is 0.0909. The monoisotopic (exact) mass is 237 g/mol. The van der Waals surface area contributed by atoms with E-state index in [0.717, 1.165) is 5.39 Å². The normalized spacial score (nSPS) is 11.6. The Kier molecular flexibility index (Phi) is 2.57. The number of nitrogens with two attached hydrogens (primary N) is 1. The summed E-state index contributed by atoms with van der Waals surface area (Å²) >= 11 is 0. The molecule has 2 N–H and O–H groups in total. The van der Waals surface area contributed by atoms with Gasteiger partial charge in [-0.3, -0.25) is 0 Å². The molecule has 0 aliphatic rings. The number of primary sulfonamides is 1. The molecule has 0 spiro atoms. The predicted molar refractivity (Wildman–Crippen MR) is 61.9 cm³/mol. The van der Waals surface area contributed by atoms with Gasteiger partial charge in [0.2, 0.25) is 10.0 Å². The van der Waals surface area contributed by atoms with E-state index in [-0.39, 0.29) is 4.90 Å². The third-order valence-electron chi connectivity index (χ3n) is 2.37. The third kappa shape index (κ3) is 1.75. The Labute approximate surface area is 93.7 Å². The van der Waals surface area contributed by atoms with E-state index in [4.69, 9.17) is 9.88 Å². The molecular formula is C11H11NO3S. The molecule has 0 amide bonds. The standard InChI is InChI=1S/C11H11NO3S/c1-15-10-6-7-11(16(12,13)14)9-5-3-2-4-8(9)10/h2-7H,1H3,(H2,12,13,14). The number of benzene rings is 2. The summed E-state index contributed by atoms with van der Waals surface area (Å²) in [7, 11) is -2.17. The van der Waals surface area contributed by atoms with E-state index >= 15 is 0 Å². The second kappa shape index (κ2) is 3.77. The highest BCUT2D eigenvalue weighted by Gasteiger charge is 2.14. The van der Waals surface area contributed by atoms with Gasteiger partial charge < -0.3 is 4.74 Å². The van der Waals surface area contributed by atoms with Crippen molar-refractivity contribution >= 4 is 20.8 Å². The summed E-state index contributed by atoms with van der Waals surface area (Å²) in [5, 5.41) is 6.45. The number of hydrogen-bond acceptors (Lipinski definition) is 3. The Bertz CT molecular complexity index is 635. The zero-order valence-electron chi connectivity index (χ0n) is 8.67. The van der Waals surface area contributed by atoms with Crippen molar-refractivity contribution in [2.75, 3.05) is 7.11 Å². The molecule has 5 heteroatoms. The first-order valence-corrected chi connectivity index (χ1v) is 6.17. The van der Waals surface area contributed by atoms with Crippen molar-refractivity contribution in [1.29, 1.82) is 0 Å². The van der Waals surface area contributed by atoms with Crippen LogP contribution in [0.5, 0.6) is 5.75 Å². The topological polar surface area (TPSA) is 69.4 Å². The van der Waals surface area contributed by atoms with Crippen LogP contribution in [0.4, 0.5) is 0 Å². The van der Waals surface area contributed by atoms with Crippen LogP contribution in [0.2, 0.25) is 0 Å². The third-order valence-corrected chi connectivity index (χ3v) is 3.34. The molecular weight excluding hydrogens is 226 g/mol. The van der Waals surface area contributed by atoms with Gasteiger partial charge in [-0.25, -0.2) is 13.6 Å². The van der Waals surface area contributed by atoms with E-state index in [1.807, 2.05) is 6.07 Å². The molecule has 0 saturated carbocycles. The zero-order valence-corrected chi connectivity index (χ0v) is 9.49. The van der Waals surface area contributed by atoms with Crippen molar-refractivity contribution in [3.63, 3.8) is 0 Å². The molecule has 4 nitrogen and oxygen atoms in total. The number of ether oxygens (including phenoxy) is 1. The van der Waals surface area contributed by atoms with Crippen molar-refractivity contribution in [1.82, 2.24) is 0 Å². The Balaban J connectivity index is 2.91. The molecule has 2 rings (SSSR count). The molecule has 0 aliphatic carbocycles. The molecule has 0 saturated heterocycles. The average Bonchev–Trinajstić information content (AvgIpc) is 2.26. The van der Waals surface area contributed by atoms with E-state index in [9.17, 15) is 8.42 Å². The first-order valence-electron chi connectivity index (χ1n) is 4.62. The predicted octanol–water partition coefficient (Wildman–Crippen LogP) is 1.50. The van der Waals surface area contributed by atoms with E-state index in [1.165, 1.54) is 6.07 Å². The lowest BCUT2D eigenvalue weighted by Crippen LogP contribution is -2.12.